The Labute approximate surface area is 172 Å². The van der Waals surface area contributed by atoms with Crippen molar-refractivity contribution in [3.63, 3.8) is 0 Å². The Morgan fingerprint density at radius 2 is 1.80 bits per heavy atom. The Morgan fingerprint density at radius 3 is 2.50 bits per heavy atom. The van der Waals surface area contributed by atoms with Gasteiger partial charge in [-0.15, -0.1) is 0 Å². The number of ether oxygens (including phenoxy) is 1. The molecule has 8 nitrogen and oxygen atoms in total. The number of fused-ring (bicyclic) bond motifs is 1. The summed E-state index contributed by atoms with van der Waals surface area (Å²) < 4.78 is 19.3. The number of benzene rings is 2. The van der Waals surface area contributed by atoms with Crippen LogP contribution in [0, 0.1) is 5.82 Å². The van der Waals surface area contributed by atoms with Crippen molar-refractivity contribution in [3.05, 3.63) is 65.5 Å². The molecule has 0 saturated carbocycles. The van der Waals surface area contributed by atoms with E-state index in [9.17, 15) is 18.8 Å². The van der Waals surface area contributed by atoms with Gasteiger partial charge in [0.2, 0.25) is 6.17 Å². The van der Waals surface area contributed by atoms with Gasteiger partial charge in [0, 0.05) is 25.1 Å². The molecule has 1 heterocycles. The van der Waals surface area contributed by atoms with Gasteiger partial charge in [0.1, 0.15) is 12.4 Å². The second-order valence-electron chi connectivity index (χ2n) is 6.51. The lowest BCUT2D eigenvalue weighted by molar-refractivity contribution is -0.140. The van der Waals surface area contributed by atoms with Crippen molar-refractivity contribution in [2.24, 2.45) is 4.99 Å². The van der Waals surface area contributed by atoms with Crippen molar-refractivity contribution in [2.75, 3.05) is 25.1 Å². The van der Waals surface area contributed by atoms with E-state index in [1.165, 1.54) is 17.9 Å². The normalized spacial score (nSPS) is 15.6. The van der Waals surface area contributed by atoms with E-state index in [4.69, 9.17) is 4.74 Å². The summed E-state index contributed by atoms with van der Waals surface area (Å²) in [4.78, 5) is 41.7. The van der Waals surface area contributed by atoms with E-state index < -0.39 is 29.9 Å². The number of aliphatic imine (C=N–C) groups is 1. The minimum atomic E-state index is -1.27. The van der Waals surface area contributed by atoms with Gasteiger partial charge >= 0.3 is 12.0 Å². The molecule has 1 aliphatic rings. The van der Waals surface area contributed by atoms with Crippen LogP contribution in [0.2, 0.25) is 0 Å². The number of rotatable bonds is 5. The number of para-hydroxylation sites is 1. The lowest BCUT2D eigenvalue weighted by Gasteiger charge is -2.21. The van der Waals surface area contributed by atoms with Gasteiger partial charge in [-0.3, -0.25) is 9.59 Å². The molecule has 1 atom stereocenters. The number of carbonyl (C=O) groups excluding carboxylic acids is 3. The predicted octanol–water partition coefficient (Wildman–Crippen LogP) is 1.83. The highest BCUT2D eigenvalue weighted by Gasteiger charge is 2.31. The molecule has 156 valence electrons. The second-order valence-corrected chi connectivity index (χ2v) is 6.51. The van der Waals surface area contributed by atoms with Crippen LogP contribution in [0.15, 0.2) is 53.5 Å². The summed E-state index contributed by atoms with van der Waals surface area (Å²) in [6, 6.07) is 12.4. The van der Waals surface area contributed by atoms with Crippen LogP contribution >= 0.6 is 0 Å². The monoisotopic (exact) mass is 412 g/mol. The van der Waals surface area contributed by atoms with Crippen LogP contribution in [0.25, 0.3) is 0 Å². The summed E-state index contributed by atoms with van der Waals surface area (Å²) in [5, 5.41) is 4.98. The number of benzodiazepines with no additional fused rings is 1. The first kappa shape index (κ1) is 21.0. The molecule has 0 bridgehead atoms. The van der Waals surface area contributed by atoms with Crippen molar-refractivity contribution >= 4 is 29.3 Å². The van der Waals surface area contributed by atoms with Gasteiger partial charge in [0.15, 0.2) is 0 Å². The lowest BCUT2D eigenvalue weighted by atomic mass is 10.00. The van der Waals surface area contributed by atoms with E-state index in [1.54, 1.807) is 49.5 Å². The lowest BCUT2D eigenvalue weighted by Crippen LogP contribution is -2.49. The molecule has 0 spiro atoms. The molecule has 2 N–H and O–H groups in total. The Hall–Kier alpha value is -3.75. The fraction of sp³-hybridized carbons (Fsp3) is 0.238. The first-order valence-electron chi connectivity index (χ1n) is 9.26. The number of likely N-dealkylation sites (N-methyl/N-ethyl adjacent to an activating group) is 1. The third-order valence-corrected chi connectivity index (χ3v) is 4.43. The van der Waals surface area contributed by atoms with Crippen LogP contribution in [0.4, 0.5) is 14.9 Å². The second kappa shape index (κ2) is 9.17. The number of halogens is 1. The Morgan fingerprint density at radius 1 is 1.13 bits per heavy atom. The molecular weight excluding hydrogens is 391 g/mol. The Balaban J connectivity index is 1.91. The summed E-state index contributed by atoms with van der Waals surface area (Å²) in [5.74, 6) is -1.44. The van der Waals surface area contributed by atoms with Gasteiger partial charge in [0.25, 0.3) is 5.91 Å². The molecule has 1 unspecified atom stereocenters. The molecule has 0 fully saturated rings. The minimum Gasteiger partial charge on any atom is -0.464 e. The Kier molecular flexibility index (Phi) is 6.41. The molecule has 2 aromatic rings. The Bertz CT molecular complexity index is 1010. The minimum absolute atomic E-state index is 0.00352. The van der Waals surface area contributed by atoms with E-state index in [-0.39, 0.29) is 24.4 Å². The highest BCUT2D eigenvalue weighted by molar-refractivity contribution is 6.20. The fourth-order valence-electron chi connectivity index (χ4n) is 3.02. The van der Waals surface area contributed by atoms with Crippen LogP contribution in [0.5, 0.6) is 0 Å². The molecular formula is C21H21FN4O4. The summed E-state index contributed by atoms with van der Waals surface area (Å²) >= 11 is 0. The quantitative estimate of drug-likeness (QED) is 0.578. The molecule has 3 amide bonds. The van der Waals surface area contributed by atoms with E-state index in [0.29, 0.717) is 11.3 Å². The van der Waals surface area contributed by atoms with Crippen molar-refractivity contribution < 1.29 is 23.5 Å². The van der Waals surface area contributed by atoms with Crippen LogP contribution in [0.1, 0.15) is 18.1 Å². The predicted molar refractivity (Wildman–Crippen MR) is 109 cm³/mol. The molecule has 0 radical (unpaired) electrons. The summed E-state index contributed by atoms with van der Waals surface area (Å²) in [6.45, 7) is 1.32. The van der Waals surface area contributed by atoms with Gasteiger partial charge < -0.3 is 20.3 Å². The number of amides is 3. The van der Waals surface area contributed by atoms with E-state index >= 15 is 0 Å². The standard InChI is InChI=1S/C21H21FN4O4/c1-13(27)30-12-11-23-21(29)25-19-20(28)26(2)17-10-6-4-8-15(17)18(24-19)14-7-3-5-9-16(14)22/h3-10,19H,11-12H2,1-2H3,(H2,23,25,29). The van der Waals surface area contributed by atoms with Gasteiger partial charge in [-0.2, -0.15) is 0 Å². The largest absolute Gasteiger partial charge is 0.464 e. The van der Waals surface area contributed by atoms with Gasteiger partial charge in [0.05, 0.1) is 17.9 Å². The highest BCUT2D eigenvalue weighted by Crippen LogP contribution is 2.27. The molecule has 0 aliphatic carbocycles. The summed E-state index contributed by atoms with van der Waals surface area (Å²) in [7, 11) is 1.56. The molecule has 0 saturated heterocycles. The van der Waals surface area contributed by atoms with Crippen LogP contribution < -0.4 is 15.5 Å². The molecule has 3 rings (SSSR count). The topological polar surface area (TPSA) is 100 Å². The zero-order valence-electron chi connectivity index (χ0n) is 16.5. The molecule has 9 heteroatoms. The smallest absolute Gasteiger partial charge is 0.316 e. The maximum atomic E-state index is 14.5. The third kappa shape index (κ3) is 4.62. The van der Waals surface area contributed by atoms with E-state index in [2.05, 4.69) is 15.6 Å². The van der Waals surface area contributed by atoms with Gasteiger partial charge in [-0.05, 0) is 18.2 Å². The fourth-order valence-corrected chi connectivity index (χ4v) is 3.02. The molecule has 2 aromatic carbocycles. The van der Waals surface area contributed by atoms with Crippen LogP contribution in [-0.2, 0) is 14.3 Å². The van der Waals surface area contributed by atoms with Crippen LogP contribution in [-0.4, -0.2) is 50.0 Å². The van der Waals surface area contributed by atoms with Crippen molar-refractivity contribution in [1.82, 2.24) is 10.6 Å². The van der Waals surface area contributed by atoms with Crippen molar-refractivity contribution in [1.29, 1.82) is 0 Å². The first-order chi connectivity index (χ1) is 14.4. The zero-order valence-corrected chi connectivity index (χ0v) is 16.5. The maximum Gasteiger partial charge on any atom is 0.316 e. The van der Waals surface area contributed by atoms with Crippen molar-refractivity contribution in [2.45, 2.75) is 13.1 Å². The van der Waals surface area contributed by atoms with Gasteiger partial charge in [-0.25, -0.2) is 14.2 Å². The average Bonchev–Trinajstić information content (AvgIpc) is 2.82. The summed E-state index contributed by atoms with van der Waals surface area (Å²) in [5.41, 5.74) is 1.59. The van der Waals surface area contributed by atoms with Crippen LogP contribution in [0.3, 0.4) is 0 Å². The number of carbonyl (C=O) groups is 3. The maximum absolute atomic E-state index is 14.5. The number of hydrogen-bond donors (Lipinski definition) is 2. The zero-order chi connectivity index (χ0) is 21.7. The number of hydrogen-bond acceptors (Lipinski definition) is 5. The van der Waals surface area contributed by atoms with Gasteiger partial charge in [-0.1, -0.05) is 30.3 Å². The number of esters is 1. The number of anilines is 1. The molecule has 30 heavy (non-hydrogen) atoms. The number of urea groups is 1. The molecule has 1 aliphatic heterocycles. The highest BCUT2D eigenvalue weighted by atomic mass is 19.1. The number of nitrogens with one attached hydrogen (secondary N) is 2. The third-order valence-electron chi connectivity index (χ3n) is 4.43. The van der Waals surface area contributed by atoms with Crippen molar-refractivity contribution in [3.8, 4) is 0 Å². The molecule has 0 aromatic heterocycles. The summed E-state index contributed by atoms with van der Waals surface area (Å²) in [6.07, 6.45) is -1.27. The van der Waals surface area contributed by atoms with E-state index in [1.807, 2.05) is 0 Å². The number of nitrogens with zero attached hydrogens (tertiary/aromatic N) is 2. The first-order valence-corrected chi connectivity index (χ1v) is 9.26. The van der Waals surface area contributed by atoms with E-state index in [0.717, 1.165) is 0 Å². The SMILES string of the molecule is CC(=O)OCCNC(=O)NC1N=C(c2ccccc2F)c2ccccc2N(C)C1=O. The average molecular weight is 412 g/mol.